The molecule has 2 aromatic rings. The van der Waals surface area contributed by atoms with Gasteiger partial charge in [0.25, 0.3) is 5.91 Å². The van der Waals surface area contributed by atoms with Gasteiger partial charge in [-0.1, -0.05) is 0 Å². The fourth-order valence-corrected chi connectivity index (χ4v) is 3.07. The second kappa shape index (κ2) is 8.07. The molecule has 1 aliphatic heterocycles. The molecular weight excluding hydrogens is 326 g/mol. The Morgan fingerprint density at radius 1 is 1.33 bits per heavy atom. The molecule has 0 spiro atoms. The second-order valence-electron chi connectivity index (χ2n) is 5.49. The van der Waals surface area contributed by atoms with Crippen molar-refractivity contribution in [3.8, 4) is 0 Å². The number of hydrogen-bond donors (Lipinski definition) is 2. The maximum atomic E-state index is 11.8. The summed E-state index contributed by atoms with van der Waals surface area (Å²) in [5, 5.41) is 9.77. The number of thiophene rings is 1. The van der Waals surface area contributed by atoms with Crippen molar-refractivity contribution in [3.05, 3.63) is 34.2 Å². The lowest BCUT2D eigenvalue weighted by Crippen LogP contribution is -2.37. The third-order valence-electron chi connectivity index (χ3n) is 3.65. The number of aryl methyl sites for hydroxylation is 1. The van der Waals surface area contributed by atoms with Gasteiger partial charge in [0.05, 0.1) is 13.2 Å². The van der Waals surface area contributed by atoms with Gasteiger partial charge in [0.15, 0.2) is 0 Å². The van der Waals surface area contributed by atoms with E-state index in [-0.39, 0.29) is 5.91 Å². The topological polar surface area (TPSA) is 79.4 Å². The monoisotopic (exact) mass is 347 g/mol. The molecule has 2 N–H and O–H groups in total. The van der Waals surface area contributed by atoms with Crippen LogP contribution in [0.2, 0.25) is 0 Å². The first-order chi connectivity index (χ1) is 11.7. The molecule has 8 heteroatoms. The maximum Gasteiger partial charge on any atom is 0.252 e. The average Bonchev–Trinajstić information content (AvgIpc) is 3.14. The molecule has 3 heterocycles. The zero-order valence-corrected chi connectivity index (χ0v) is 14.4. The number of carbonyl (C=O) groups excluding carboxylic acids is 1. The maximum absolute atomic E-state index is 11.8. The lowest BCUT2D eigenvalue weighted by atomic mass is 10.3. The molecule has 3 rings (SSSR count). The Morgan fingerprint density at radius 3 is 2.92 bits per heavy atom. The Kier molecular flexibility index (Phi) is 5.60. The summed E-state index contributed by atoms with van der Waals surface area (Å²) in [6.07, 6.45) is 0. The van der Waals surface area contributed by atoms with Crippen molar-refractivity contribution in [3.63, 3.8) is 0 Å². The summed E-state index contributed by atoms with van der Waals surface area (Å²) in [6, 6.07) is 3.79. The van der Waals surface area contributed by atoms with Crippen LogP contribution in [0.25, 0.3) is 0 Å². The number of nitrogens with one attached hydrogen (secondary N) is 2. The van der Waals surface area contributed by atoms with Crippen LogP contribution in [0.15, 0.2) is 22.9 Å². The van der Waals surface area contributed by atoms with Crippen LogP contribution in [0.4, 0.5) is 11.8 Å². The molecule has 0 saturated carbocycles. The van der Waals surface area contributed by atoms with Gasteiger partial charge in [0.1, 0.15) is 5.82 Å². The van der Waals surface area contributed by atoms with Crippen LogP contribution in [-0.4, -0.2) is 55.3 Å². The summed E-state index contributed by atoms with van der Waals surface area (Å²) < 4.78 is 5.37. The van der Waals surface area contributed by atoms with Crippen LogP contribution in [-0.2, 0) is 4.74 Å². The quantitative estimate of drug-likeness (QED) is 0.772. The summed E-state index contributed by atoms with van der Waals surface area (Å²) in [5.74, 6) is 1.44. The lowest BCUT2D eigenvalue weighted by molar-refractivity contribution is 0.0955. The first-order valence-electron chi connectivity index (χ1n) is 7.95. The standard InChI is InChI=1S/C16H21N5O2S/c1-12-10-14(21-5-7-23-8-6-21)20-16(19-12)18-4-3-17-15(22)13-2-9-24-11-13/h2,9-11H,3-8H2,1H3,(H,17,22)(H,18,19,20). The predicted molar refractivity (Wildman–Crippen MR) is 94.9 cm³/mol. The van der Waals surface area contributed by atoms with E-state index in [4.69, 9.17) is 4.74 Å². The number of morpholine rings is 1. The first kappa shape index (κ1) is 16.7. The summed E-state index contributed by atoms with van der Waals surface area (Å²) >= 11 is 1.51. The van der Waals surface area contributed by atoms with E-state index in [0.717, 1.165) is 37.8 Å². The third kappa shape index (κ3) is 4.42. The Balaban J connectivity index is 1.51. The number of hydrogen-bond acceptors (Lipinski definition) is 7. The van der Waals surface area contributed by atoms with Gasteiger partial charge in [-0.15, -0.1) is 0 Å². The Morgan fingerprint density at radius 2 is 2.17 bits per heavy atom. The Bertz CT molecular complexity index is 671. The number of amides is 1. The lowest BCUT2D eigenvalue weighted by Gasteiger charge is -2.28. The van der Waals surface area contributed by atoms with Gasteiger partial charge in [-0.05, 0) is 18.4 Å². The normalized spacial score (nSPS) is 14.5. The van der Waals surface area contributed by atoms with E-state index in [9.17, 15) is 4.79 Å². The highest BCUT2D eigenvalue weighted by Gasteiger charge is 2.14. The van der Waals surface area contributed by atoms with Crippen LogP contribution >= 0.6 is 11.3 Å². The predicted octanol–water partition coefficient (Wildman–Crippen LogP) is 1.53. The third-order valence-corrected chi connectivity index (χ3v) is 4.34. The van der Waals surface area contributed by atoms with E-state index >= 15 is 0 Å². The molecule has 0 unspecified atom stereocenters. The zero-order chi connectivity index (χ0) is 16.8. The van der Waals surface area contributed by atoms with Crippen molar-refractivity contribution in [2.45, 2.75) is 6.92 Å². The van der Waals surface area contributed by atoms with Crippen molar-refractivity contribution < 1.29 is 9.53 Å². The molecule has 0 aromatic carbocycles. The van der Waals surface area contributed by atoms with E-state index in [1.807, 2.05) is 29.8 Å². The molecular formula is C16H21N5O2S. The number of aromatic nitrogens is 2. The van der Waals surface area contributed by atoms with Gasteiger partial charge in [0, 0.05) is 48.9 Å². The molecule has 1 fully saturated rings. The average molecular weight is 347 g/mol. The van der Waals surface area contributed by atoms with Gasteiger partial charge >= 0.3 is 0 Å². The van der Waals surface area contributed by atoms with E-state index in [0.29, 0.717) is 24.6 Å². The van der Waals surface area contributed by atoms with E-state index in [2.05, 4.69) is 25.5 Å². The van der Waals surface area contributed by atoms with Crippen LogP contribution in [0.1, 0.15) is 16.1 Å². The van der Waals surface area contributed by atoms with Crippen LogP contribution in [0.3, 0.4) is 0 Å². The van der Waals surface area contributed by atoms with Crippen molar-refractivity contribution in [2.75, 3.05) is 49.6 Å². The summed E-state index contributed by atoms with van der Waals surface area (Å²) in [5.41, 5.74) is 1.61. The van der Waals surface area contributed by atoms with E-state index < -0.39 is 0 Å². The summed E-state index contributed by atoms with van der Waals surface area (Å²) in [7, 11) is 0. The number of anilines is 2. The Labute approximate surface area is 145 Å². The minimum Gasteiger partial charge on any atom is -0.378 e. The van der Waals surface area contributed by atoms with Crippen LogP contribution in [0, 0.1) is 6.92 Å². The highest BCUT2D eigenvalue weighted by atomic mass is 32.1. The number of ether oxygens (including phenoxy) is 1. The smallest absolute Gasteiger partial charge is 0.252 e. The minimum atomic E-state index is -0.0581. The number of nitrogens with zero attached hydrogens (tertiary/aromatic N) is 3. The molecule has 1 aliphatic rings. The van der Waals surface area contributed by atoms with E-state index in [1.165, 1.54) is 11.3 Å². The molecule has 7 nitrogen and oxygen atoms in total. The SMILES string of the molecule is Cc1cc(N2CCOCC2)nc(NCCNC(=O)c2ccsc2)n1. The van der Waals surface area contributed by atoms with Gasteiger partial charge < -0.3 is 20.3 Å². The molecule has 0 radical (unpaired) electrons. The van der Waals surface area contributed by atoms with Crippen molar-refractivity contribution in [1.29, 1.82) is 0 Å². The van der Waals surface area contributed by atoms with Gasteiger partial charge in [-0.25, -0.2) is 4.98 Å². The van der Waals surface area contributed by atoms with Crippen molar-refractivity contribution >= 4 is 29.0 Å². The fourth-order valence-electron chi connectivity index (χ4n) is 2.43. The summed E-state index contributed by atoms with van der Waals surface area (Å²) in [6.45, 7) is 6.16. The summed E-state index contributed by atoms with van der Waals surface area (Å²) in [4.78, 5) is 23.0. The van der Waals surface area contributed by atoms with Crippen LogP contribution < -0.4 is 15.5 Å². The van der Waals surface area contributed by atoms with Gasteiger partial charge in [-0.3, -0.25) is 4.79 Å². The highest BCUT2D eigenvalue weighted by molar-refractivity contribution is 7.08. The zero-order valence-electron chi connectivity index (χ0n) is 13.6. The van der Waals surface area contributed by atoms with Crippen molar-refractivity contribution in [2.24, 2.45) is 0 Å². The molecule has 2 aromatic heterocycles. The molecule has 1 amide bonds. The number of carbonyl (C=O) groups is 1. The Hall–Kier alpha value is -2.19. The fraction of sp³-hybridized carbons (Fsp3) is 0.438. The first-order valence-corrected chi connectivity index (χ1v) is 8.89. The van der Waals surface area contributed by atoms with E-state index in [1.54, 1.807) is 0 Å². The molecule has 0 atom stereocenters. The molecule has 1 saturated heterocycles. The molecule has 0 bridgehead atoms. The van der Waals surface area contributed by atoms with Gasteiger partial charge in [-0.2, -0.15) is 16.3 Å². The highest BCUT2D eigenvalue weighted by Crippen LogP contribution is 2.16. The van der Waals surface area contributed by atoms with Gasteiger partial charge in [0.2, 0.25) is 5.95 Å². The molecule has 24 heavy (non-hydrogen) atoms. The van der Waals surface area contributed by atoms with Crippen molar-refractivity contribution in [1.82, 2.24) is 15.3 Å². The molecule has 0 aliphatic carbocycles. The minimum absolute atomic E-state index is 0.0581. The second-order valence-corrected chi connectivity index (χ2v) is 6.27. The molecule has 128 valence electrons. The number of rotatable bonds is 6. The van der Waals surface area contributed by atoms with Crippen LogP contribution in [0.5, 0.6) is 0 Å². The largest absolute Gasteiger partial charge is 0.378 e.